The highest BCUT2D eigenvalue weighted by Crippen LogP contribution is 2.32. The largest absolute Gasteiger partial charge is 0.390 e. The molecule has 2 aliphatic heterocycles. The van der Waals surface area contributed by atoms with Crippen molar-refractivity contribution >= 4 is 0 Å². The van der Waals surface area contributed by atoms with Crippen LogP contribution in [0.25, 0.3) is 0 Å². The van der Waals surface area contributed by atoms with Gasteiger partial charge in [-0.15, -0.1) is 0 Å². The minimum absolute atomic E-state index is 0.0874. The molecule has 0 bridgehead atoms. The maximum absolute atomic E-state index is 10.5. The number of aliphatic hydroxyl groups excluding tert-OH is 1. The van der Waals surface area contributed by atoms with E-state index in [0.29, 0.717) is 26.1 Å². The summed E-state index contributed by atoms with van der Waals surface area (Å²) in [5.74, 6) is -0.511. The van der Waals surface area contributed by atoms with Crippen LogP contribution in [-0.2, 0) is 15.9 Å². The normalized spacial score (nSPS) is 27.6. The van der Waals surface area contributed by atoms with Gasteiger partial charge in [-0.3, -0.25) is 0 Å². The molecule has 1 aromatic carbocycles. The number of aliphatic hydroxyl groups is 1. The van der Waals surface area contributed by atoms with Crippen LogP contribution in [0.2, 0.25) is 0 Å². The summed E-state index contributed by atoms with van der Waals surface area (Å²) in [7, 11) is 0. The zero-order valence-electron chi connectivity index (χ0n) is 12.2. The van der Waals surface area contributed by atoms with Crippen molar-refractivity contribution < 1.29 is 14.6 Å². The molecule has 0 radical (unpaired) electrons. The molecule has 2 aliphatic rings. The van der Waals surface area contributed by atoms with E-state index in [4.69, 9.17) is 15.2 Å². The van der Waals surface area contributed by atoms with Gasteiger partial charge in [0, 0.05) is 31.5 Å². The Morgan fingerprint density at radius 2 is 2.00 bits per heavy atom. The fourth-order valence-electron chi connectivity index (χ4n) is 3.26. The molecule has 2 heterocycles. The minimum atomic E-state index is -0.616. The summed E-state index contributed by atoms with van der Waals surface area (Å²) in [6.07, 6.45) is 1.52. The van der Waals surface area contributed by atoms with Crippen LogP contribution in [0.1, 0.15) is 18.4 Å². The molecule has 5 heteroatoms. The third kappa shape index (κ3) is 3.44. The van der Waals surface area contributed by atoms with Gasteiger partial charge < -0.3 is 25.6 Å². The van der Waals surface area contributed by atoms with Crippen LogP contribution in [0.5, 0.6) is 0 Å². The summed E-state index contributed by atoms with van der Waals surface area (Å²) in [6, 6.07) is 9.63. The smallest absolute Gasteiger partial charge is 0.171 e. The molecule has 4 N–H and O–H groups in total. The van der Waals surface area contributed by atoms with Gasteiger partial charge in [-0.05, 0) is 12.0 Å². The Kier molecular flexibility index (Phi) is 4.57. The molecule has 2 saturated heterocycles. The lowest BCUT2D eigenvalue weighted by Gasteiger charge is -2.40. The van der Waals surface area contributed by atoms with E-state index in [1.165, 1.54) is 0 Å². The first-order valence-corrected chi connectivity index (χ1v) is 7.67. The van der Waals surface area contributed by atoms with Crippen LogP contribution in [0.4, 0.5) is 0 Å². The molecule has 2 fully saturated rings. The number of hydrogen-bond acceptors (Lipinski definition) is 5. The molecule has 0 aromatic heterocycles. The van der Waals surface area contributed by atoms with Crippen LogP contribution < -0.4 is 11.1 Å². The molecule has 0 aliphatic carbocycles. The van der Waals surface area contributed by atoms with Gasteiger partial charge >= 0.3 is 0 Å². The third-order valence-electron chi connectivity index (χ3n) is 4.42. The third-order valence-corrected chi connectivity index (χ3v) is 4.42. The van der Waals surface area contributed by atoms with Crippen molar-refractivity contribution in [2.24, 2.45) is 5.73 Å². The van der Waals surface area contributed by atoms with E-state index in [1.54, 1.807) is 0 Å². The van der Waals surface area contributed by atoms with Crippen molar-refractivity contribution in [1.82, 2.24) is 5.32 Å². The summed E-state index contributed by atoms with van der Waals surface area (Å²) in [6.45, 7) is 2.05. The Hall–Kier alpha value is -0.980. The highest BCUT2D eigenvalue weighted by molar-refractivity contribution is 5.16. The van der Waals surface area contributed by atoms with Crippen molar-refractivity contribution in [3.05, 3.63) is 35.9 Å². The van der Waals surface area contributed by atoms with Crippen LogP contribution in [0.15, 0.2) is 30.3 Å². The summed E-state index contributed by atoms with van der Waals surface area (Å²) in [5.41, 5.74) is 7.34. The van der Waals surface area contributed by atoms with Gasteiger partial charge in [0.15, 0.2) is 5.79 Å². The lowest BCUT2D eigenvalue weighted by Crippen LogP contribution is -2.58. The molecule has 5 nitrogen and oxygen atoms in total. The Morgan fingerprint density at radius 1 is 1.29 bits per heavy atom. The highest BCUT2D eigenvalue weighted by Gasteiger charge is 2.44. The summed E-state index contributed by atoms with van der Waals surface area (Å²) in [4.78, 5) is 0. The van der Waals surface area contributed by atoms with Crippen LogP contribution in [-0.4, -0.2) is 48.8 Å². The quantitative estimate of drug-likeness (QED) is 0.749. The Balaban J connectivity index is 1.60. The molecule has 0 amide bonds. The second-order valence-electron chi connectivity index (χ2n) is 5.97. The number of rotatable bonds is 4. The van der Waals surface area contributed by atoms with Gasteiger partial charge in [0.2, 0.25) is 0 Å². The average Bonchev–Trinajstić information content (AvgIpc) is 2.95. The minimum Gasteiger partial charge on any atom is -0.390 e. The molecule has 3 unspecified atom stereocenters. The van der Waals surface area contributed by atoms with Crippen molar-refractivity contribution in [3.63, 3.8) is 0 Å². The van der Waals surface area contributed by atoms with Crippen molar-refractivity contribution in [2.45, 2.75) is 43.2 Å². The summed E-state index contributed by atoms with van der Waals surface area (Å²) >= 11 is 0. The maximum atomic E-state index is 10.5. The molecular weight excluding hydrogens is 268 g/mol. The van der Waals surface area contributed by atoms with E-state index in [0.717, 1.165) is 18.5 Å². The second kappa shape index (κ2) is 6.42. The molecule has 0 saturated carbocycles. The number of nitrogens with two attached hydrogens (primary N) is 1. The van der Waals surface area contributed by atoms with E-state index < -0.39 is 11.9 Å². The Labute approximate surface area is 125 Å². The van der Waals surface area contributed by atoms with E-state index in [1.807, 2.05) is 30.3 Å². The molecule has 1 spiro atoms. The topological polar surface area (TPSA) is 76.7 Å². The molecule has 3 rings (SSSR count). The van der Waals surface area contributed by atoms with Gasteiger partial charge in [0.1, 0.15) is 0 Å². The standard InChI is InChI=1S/C16H24N2O3/c17-13(10-12-4-2-1-3-5-12)15(19)14-11-16(6-7-18-14)20-8-9-21-16/h1-5,13-15,18-19H,6-11,17H2. The van der Waals surface area contributed by atoms with Crippen molar-refractivity contribution in [3.8, 4) is 0 Å². The van der Waals surface area contributed by atoms with Crippen LogP contribution >= 0.6 is 0 Å². The maximum Gasteiger partial charge on any atom is 0.171 e. The van der Waals surface area contributed by atoms with Crippen molar-refractivity contribution in [1.29, 1.82) is 0 Å². The molecule has 116 valence electrons. The van der Waals surface area contributed by atoms with E-state index >= 15 is 0 Å². The predicted molar refractivity (Wildman–Crippen MR) is 79.8 cm³/mol. The predicted octanol–water partition coefficient (Wildman–Crippen LogP) is 0.412. The number of benzene rings is 1. The zero-order chi connectivity index (χ0) is 14.7. The van der Waals surface area contributed by atoms with E-state index in [9.17, 15) is 5.11 Å². The fraction of sp³-hybridized carbons (Fsp3) is 0.625. The molecule has 3 atom stereocenters. The molecule has 21 heavy (non-hydrogen) atoms. The van der Waals surface area contributed by atoms with Gasteiger partial charge in [-0.2, -0.15) is 0 Å². The first-order valence-electron chi connectivity index (χ1n) is 7.67. The SMILES string of the molecule is NC(Cc1ccccc1)C(O)C1CC2(CCN1)OCCO2. The summed E-state index contributed by atoms with van der Waals surface area (Å²) in [5, 5.41) is 13.9. The number of ether oxygens (including phenoxy) is 2. The first kappa shape index (κ1) is 14.9. The average molecular weight is 292 g/mol. The van der Waals surface area contributed by atoms with Crippen LogP contribution in [0.3, 0.4) is 0 Å². The lowest BCUT2D eigenvalue weighted by atomic mass is 9.89. The van der Waals surface area contributed by atoms with E-state index in [-0.39, 0.29) is 12.1 Å². The lowest BCUT2D eigenvalue weighted by molar-refractivity contribution is -0.186. The van der Waals surface area contributed by atoms with Gasteiger partial charge in [-0.25, -0.2) is 0 Å². The molecule has 1 aromatic rings. The Morgan fingerprint density at radius 3 is 2.71 bits per heavy atom. The number of hydrogen-bond donors (Lipinski definition) is 3. The number of nitrogens with one attached hydrogen (secondary N) is 1. The second-order valence-corrected chi connectivity index (χ2v) is 5.97. The van der Waals surface area contributed by atoms with Crippen molar-refractivity contribution in [2.75, 3.05) is 19.8 Å². The monoisotopic (exact) mass is 292 g/mol. The van der Waals surface area contributed by atoms with E-state index in [2.05, 4.69) is 5.32 Å². The van der Waals surface area contributed by atoms with Gasteiger partial charge in [-0.1, -0.05) is 30.3 Å². The fourth-order valence-corrected chi connectivity index (χ4v) is 3.26. The Bertz CT molecular complexity index is 448. The first-order chi connectivity index (χ1) is 10.2. The highest BCUT2D eigenvalue weighted by atomic mass is 16.7. The zero-order valence-corrected chi connectivity index (χ0v) is 12.2. The van der Waals surface area contributed by atoms with Crippen LogP contribution in [0, 0.1) is 0 Å². The summed E-state index contributed by atoms with van der Waals surface area (Å²) < 4.78 is 11.5. The molecular formula is C16H24N2O3. The van der Waals surface area contributed by atoms with Gasteiger partial charge in [0.25, 0.3) is 0 Å². The number of piperidine rings is 1. The van der Waals surface area contributed by atoms with Gasteiger partial charge in [0.05, 0.1) is 19.3 Å².